The Morgan fingerprint density at radius 2 is 2.00 bits per heavy atom. The largest absolute Gasteiger partial charge is 0.481 e. The number of likely N-dealkylation sites (tertiary alicyclic amines) is 1. The monoisotopic (exact) mass is 309 g/mol. The lowest BCUT2D eigenvalue weighted by Crippen LogP contribution is -2.40. The second-order valence-corrected chi connectivity index (χ2v) is 6.60. The van der Waals surface area contributed by atoms with Gasteiger partial charge in [-0.1, -0.05) is 23.7 Å². The Kier molecular flexibility index (Phi) is 4.20. The molecule has 1 N–H and O–H groups in total. The van der Waals surface area contributed by atoms with Crippen molar-refractivity contribution in [2.45, 2.75) is 19.4 Å². The van der Waals surface area contributed by atoms with Gasteiger partial charge in [-0.2, -0.15) is 0 Å². The Morgan fingerprint density at radius 1 is 1.33 bits per heavy atom. The van der Waals surface area contributed by atoms with E-state index in [1.54, 1.807) is 0 Å². The van der Waals surface area contributed by atoms with Gasteiger partial charge in [0.05, 0.1) is 5.92 Å². The van der Waals surface area contributed by atoms with E-state index in [4.69, 9.17) is 16.3 Å². The molecule has 21 heavy (non-hydrogen) atoms. The first-order valence-corrected chi connectivity index (χ1v) is 7.74. The summed E-state index contributed by atoms with van der Waals surface area (Å²) < 4.78 is 5.42. The number of hydrogen-bond acceptors (Lipinski definition) is 3. The molecule has 0 radical (unpaired) electrons. The molecule has 0 aromatic heterocycles. The quantitative estimate of drug-likeness (QED) is 0.932. The molecule has 114 valence electrons. The highest BCUT2D eigenvalue weighted by atomic mass is 35.5. The summed E-state index contributed by atoms with van der Waals surface area (Å²) in [5, 5.41) is 10.3. The van der Waals surface area contributed by atoms with Crippen molar-refractivity contribution in [1.29, 1.82) is 0 Å². The minimum absolute atomic E-state index is 0.115. The third-order valence-corrected chi connectivity index (χ3v) is 5.08. The first-order chi connectivity index (χ1) is 10.1. The van der Waals surface area contributed by atoms with Gasteiger partial charge in [0.15, 0.2) is 0 Å². The van der Waals surface area contributed by atoms with Gasteiger partial charge in [0.1, 0.15) is 0 Å². The minimum atomic E-state index is -0.671. The van der Waals surface area contributed by atoms with Gasteiger partial charge in [0.2, 0.25) is 0 Å². The maximum atomic E-state index is 11.6. The molecule has 0 saturated carbocycles. The Hall–Kier alpha value is -1.10. The highest BCUT2D eigenvalue weighted by Gasteiger charge is 2.50. The Labute approximate surface area is 129 Å². The predicted molar refractivity (Wildman–Crippen MR) is 80.3 cm³/mol. The van der Waals surface area contributed by atoms with E-state index in [2.05, 4.69) is 4.90 Å². The molecule has 5 heteroatoms. The van der Waals surface area contributed by atoms with E-state index in [0.29, 0.717) is 19.8 Å². The van der Waals surface area contributed by atoms with Crippen LogP contribution in [0, 0.1) is 11.3 Å². The molecule has 1 aromatic carbocycles. The number of carbonyl (C=O) groups is 1. The lowest BCUT2D eigenvalue weighted by molar-refractivity contribution is -0.146. The summed E-state index contributed by atoms with van der Waals surface area (Å²) in [6, 6.07) is 7.78. The number of aliphatic carboxylic acids is 1. The molecule has 1 spiro atoms. The van der Waals surface area contributed by atoms with Gasteiger partial charge in [-0.3, -0.25) is 9.69 Å². The van der Waals surface area contributed by atoms with E-state index in [1.165, 1.54) is 5.56 Å². The SMILES string of the molecule is O=C(O)[C@@H]1CN(Cc2ccc(Cl)cc2)CC12CCOCC2. The van der Waals surface area contributed by atoms with Crippen molar-refractivity contribution in [3.05, 3.63) is 34.9 Å². The van der Waals surface area contributed by atoms with E-state index >= 15 is 0 Å². The van der Waals surface area contributed by atoms with E-state index < -0.39 is 5.97 Å². The molecule has 1 atom stereocenters. The third kappa shape index (κ3) is 3.07. The molecule has 2 heterocycles. The predicted octanol–water partition coefficient (Wildman–Crippen LogP) is 2.65. The molecule has 0 bridgehead atoms. The van der Waals surface area contributed by atoms with Crippen LogP contribution in [0.5, 0.6) is 0 Å². The van der Waals surface area contributed by atoms with Crippen molar-refractivity contribution < 1.29 is 14.6 Å². The standard InChI is InChI=1S/C16H20ClNO3/c17-13-3-1-12(2-4-13)9-18-10-14(15(19)20)16(11-18)5-7-21-8-6-16/h1-4,14H,5-11H2,(H,19,20)/t14-/m0/s1. The molecule has 0 aliphatic carbocycles. The number of carboxylic acids is 1. The lowest BCUT2D eigenvalue weighted by Gasteiger charge is -2.36. The summed E-state index contributed by atoms with van der Waals surface area (Å²) in [6.45, 7) is 3.61. The van der Waals surface area contributed by atoms with Crippen LogP contribution < -0.4 is 0 Å². The maximum Gasteiger partial charge on any atom is 0.308 e. The number of ether oxygens (including phenoxy) is 1. The zero-order chi connectivity index (χ0) is 14.9. The van der Waals surface area contributed by atoms with Gasteiger partial charge >= 0.3 is 5.97 Å². The number of carboxylic acid groups (broad SMARTS) is 1. The highest BCUT2D eigenvalue weighted by Crippen LogP contribution is 2.44. The molecule has 2 aliphatic rings. The fourth-order valence-electron chi connectivity index (χ4n) is 3.66. The number of nitrogens with zero attached hydrogens (tertiary/aromatic N) is 1. The lowest BCUT2D eigenvalue weighted by atomic mass is 9.72. The summed E-state index contributed by atoms with van der Waals surface area (Å²) in [4.78, 5) is 13.9. The van der Waals surface area contributed by atoms with Gasteiger partial charge in [-0.05, 0) is 30.5 Å². The third-order valence-electron chi connectivity index (χ3n) is 4.82. The van der Waals surface area contributed by atoms with Crippen molar-refractivity contribution in [2.75, 3.05) is 26.3 Å². The van der Waals surface area contributed by atoms with E-state index in [-0.39, 0.29) is 11.3 Å². The molecule has 0 amide bonds. The van der Waals surface area contributed by atoms with Gasteiger partial charge in [0.25, 0.3) is 0 Å². The van der Waals surface area contributed by atoms with E-state index in [1.807, 2.05) is 24.3 Å². The molecule has 0 unspecified atom stereocenters. The van der Waals surface area contributed by atoms with Crippen molar-refractivity contribution in [1.82, 2.24) is 4.90 Å². The van der Waals surface area contributed by atoms with Gasteiger partial charge in [-0.25, -0.2) is 0 Å². The molecule has 4 nitrogen and oxygen atoms in total. The molecule has 2 saturated heterocycles. The first-order valence-electron chi connectivity index (χ1n) is 7.36. The van der Waals surface area contributed by atoms with Crippen LogP contribution in [-0.4, -0.2) is 42.3 Å². The Balaban J connectivity index is 1.73. The van der Waals surface area contributed by atoms with Gasteiger partial charge < -0.3 is 9.84 Å². The zero-order valence-electron chi connectivity index (χ0n) is 11.9. The van der Waals surface area contributed by atoms with Crippen LogP contribution in [0.15, 0.2) is 24.3 Å². The molecule has 3 rings (SSSR count). The average Bonchev–Trinajstić information content (AvgIpc) is 2.80. The second-order valence-electron chi connectivity index (χ2n) is 6.16. The number of benzene rings is 1. The number of rotatable bonds is 3. The maximum absolute atomic E-state index is 11.6. The number of hydrogen-bond donors (Lipinski definition) is 1. The zero-order valence-corrected chi connectivity index (χ0v) is 12.7. The first kappa shape index (κ1) is 14.8. The van der Waals surface area contributed by atoms with Crippen LogP contribution >= 0.6 is 11.6 Å². The smallest absolute Gasteiger partial charge is 0.308 e. The van der Waals surface area contributed by atoms with Gasteiger partial charge in [-0.15, -0.1) is 0 Å². The summed E-state index contributed by atoms with van der Waals surface area (Å²) in [5.41, 5.74) is 1.06. The van der Waals surface area contributed by atoms with Crippen molar-refractivity contribution >= 4 is 17.6 Å². The fraction of sp³-hybridized carbons (Fsp3) is 0.562. The average molecular weight is 310 g/mol. The topological polar surface area (TPSA) is 49.8 Å². The van der Waals surface area contributed by atoms with Crippen LogP contribution in [0.2, 0.25) is 5.02 Å². The van der Waals surface area contributed by atoms with Gasteiger partial charge in [0, 0.05) is 43.3 Å². The van der Waals surface area contributed by atoms with Crippen LogP contribution in [-0.2, 0) is 16.1 Å². The molecule has 2 fully saturated rings. The van der Waals surface area contributed by atoms with E-state index in [0.717, 1.165) is 31.0 Å². The van der Waals surface area contributed by atoms with Crippen LogP contribution in [0.1, 0.15) is 18.4 Å². The van der Waals surface area contributed by atoms with Crippen LogP contribution in [0.4, 0.5) is 0 Å². The summed E-state index contributed by atoms with van der Waals surface area (Å²) in [7, 11) is 0. The molecular weight excluding hydrogens is 290 g/mol. The molecule has 2 aliphatic heterocycles. The Bertz CT molecular complexity index is 511. The molecule has 1 aromatic rings. The highest BCUT2D eigenvalue weighted by molar-refractivity contribution is 6.30. The summed E-state index contributed by atoms with van der Waals surface area (Å²) in [6.07, 6.45) is 1.70. The summed E-state index contributed by atoms with van der Waals surface area (Å²) >= 11 is 5.90. The Morgan fingerprint density at radius 3 is 2.62 bits per heavy atom. The van der Waals surface area contributed by atoms with E-state index in [9.17, 15) is 9.90 Å². The van der Waals surface area contributed by atoms with Crippen LogP contribution in [0.3, 0.4) is 0 Å². The van der Waals surface area contributed by atoms with Crippen molar-refractivity contribution in [2.24, 2.45) is 11.3 Å². The molecular formula is C16H20ClNO3. The van der Waals surface area contributed by atoms with Crippen molar-refractivity contribution in [3.63, 3.8) is 0 Å². The minimum Gasteiger partial charge on any atom is -0.481 e. The fourth-order valence-corrected chi connectivity index (χ4v) is 3.79. The van der Waals surface area contributed by atoms with Crippen LogP contribution in [0.25, 0.3) is 0 Å². The number of halogens is 1. The normalized spacial score (nSPS) is 25.3. The second kappa shape index (κ2) is 5.95. The van der Waals surface area contributed by atoms with Crippen molar-refractivity contribution in [3.8, 4) is 0 Å². The summed E-state index contributed by atoms with van der Waals surface area (Å²) in [5.74, 6) is -0.954.